The lowest BCUT2D eigenvalue weighted by Crippen LogP contribution is -2.01. The lowest BCUT2D eigenvalue weighted by atomic mass is 10.2. The van der Waals surface area contributed by atoms with E-state index in [1.165, 1.54) is 12.1 Å². The molecule has 2 N–H and O–H groups in total. The van der Waals surface area contributed by atoms with Crippen LogP contribution in [0.2, 0.25) is 0 Å². The van der Waals surface area contributed by atoms with Crippen molar-refractivity contribution in [2.45, 2.75) is 16.3 Å². The minimum atomic E-state index is -0.925. The average molecular weight is 269 g/mol. The van der Waals surface area contributed by atoms with Crippen LogP contribution < -0.4 is 5.73 Å². The minimum Gasteiger partial charge on any atom is -0.326 e. The SMILES string of the molecule is NCc1c(F)cccc1Sc1ccc(F)c(F)c1. The summed E-state index contributed by atoms with van der Waals surface area (Å²) in [6.45, 7) is 0.0542. The molecule has 0 aliphatic carbocycles. The van der Waals surface area contributed by atoms with Gasteiger partial charge in [-0.1, -0.05) is 17.8 Å². The largest absolute Gasteiger partial charge is 0.326 e. The summed E-state index contributed by atoms with van der Waals surface area (Å²) in [5.74, 6) is -2.23. The zero-order chi connectivity index (χ0) is 13.1. The van der Waals surface area contributed by atoms with Crippen LogP contribution in [0.1, 0.15) is 5.56 Å². The molecule has 0 unspecified atom stereocenters. The Hall–Kier alpha value is -1.46. The lowest BCUT2D eigenvalue weighted by Gasteiger charge is -2.08. The maximum Gasteiger partial charge on any atom is 0.159 e. The number of rotatable bonds is 3. The van der Waals surface area contributed by atoms with E-state index in [9.17, 15) is 13.2 Å². The second-order valence-corrected chi connectivity index (χ2v) is 4.71. The maximum absolute atomic E-state index is 13.5. The number of hydrogen-bond acceptors (Lipinski definition) is 2. The third-order valence-corrected chi connectivity index (χ3v) is 3.49. The van der Waals surface area contributed by atoms with Gasteiger partial charge in [-0.05, 0) is 30.3 Å². The number of hydrogen-bond donors (Lipinski definition) is 1. The van der Waals surface area contributed by atoms with Crippen LogP contribution in [0.4, 0.5) is 13.2 Å². The summed E-state index contributed by atoms with van der Waals surface area (Å²) in [5.41, 5.74) is 5.84. The summed E-state index contributed by atoms with van der Waals surface area (Å²) < 4.78 is 39.3. The molecule has 0 saturated carbocycles. The molecule has 0 bridgehead atoms. The van der Waals surface area contributed by atoms with E-state index in [1.807, 2.05) is 0 Å². The van der Waals surface area contributed by atoms with Crippen molar-refractivity contribution in [2.75, 3.05) is 0 Å². The van der Waals surface area contributed by atoms with Crippen molar-refractivity contribution in [3.8, 4) is 0 Å². The van der Waals surface area contributed by atoms with E-state index in [0.29, 0.717) is 15.4 Å². The van der Waals surface area contributed by atoms with Crippen molar-refractivity contribution in [1.82, 2.24) is 0 Å². The van der Waals surface area contributed by atoms with Crippen LogP contribution in [0.5, 0.6) is 0 Å². The second kappa shape index (κ2) is 5.46. The number of nitrogens with two attached hydrogens (primary N) is 1. The Morgan fingerprint density at radius 2 is 1.72 bits per heavy atom. The van der Waals surface area contributed by atoms with E-state index in [-0.39, 0.29) is 6.54 Å². The van der Waals surface area contributed by atoms with Gasteiger partial charge in [-0.15, -0.1) is 0 Å². The molecular formula is C13H10F3NS. The molecule has 5 heteroatoms. The fourth-order valence-corrected chi connectivity index (χ4v) is 2.50. The molecule has 0 spiro atoms. The first-order valence-electron chi connectivity index (χ1n) is 5.22. The zero-order valence-corrected chi connectivity index (χ0v) is 10.1. The summed E-state index contributed by atoms with van der Waals surface area (Å²) in [6.07, 6.45) is 0. The highest BCUT2D eigenvalue weighted by Crippen LogP contribution is 2.32. The standard InChI is InChI=1S/C13H10F3NS/c14-10-2-1-3-13(9(10)7-17)18-8-4-5-11(15)12(16)6-8/h1-6H,7,17H2. The summed E-state index contributed by atoms with van der Waals surface area (Å²) in [5, 5.41) is 0. The molecule has 0 aliphatic rings. The molecule has 18 heavy (non-hydrogen) atoms. The predicted octanol–water partition coefficient (Wildman–Crippen LogP) is 3.71. The van der Waals surface area contributed by atoms with Gasteiger partial charge in [0.25, 0.3) is 0 Å². The van der Waals surface area contributed by atoms with Gasteiger partial charge in [0.2, 0.25) is 0 Å². The molecular weight excluding hydrogens is 259 g/mol. The molecule has 0 atom stereocenters. The first-order chi connectivity index (χ1) is 8.61. The van der Waals surface area contributed by atoms with Gasteiger partial charge in [0.1, 0.15) is 5.82 Å². The van der Waals surface area contributed by atoms with E-state index < -0.39 is 17.5 Å². The van der Waals surface area contributed by atoms with Crippen molar-refractivity contribution >= 4 is 11.8 Å². The van der Waals surface area contributed by atoms with Gasteiger partial charge < -0.3 is 5.73 Å². The molecule has 0 heterocycles. The molecule has 2 rings (SSSR count). The van der Waals surface area contributed by atoms with E-state index in [1.54, 1.807) is 12.1 Å². The second-order valence-electron chi connectivity index (χ2n) is 3.60. The maximum atomic E-state index is 13.5. The highest BCUT2D eigenvalue weighted by Gasteiger charge is 2.09. The molecule has 0 aliphatic heterocycles. The first kappa shape index (κ1) is 13.0. The smallest absolute Gasteiger partial charge is 0.159 e. The fraction of sp³-hybridized carbons (Fsp3) is 0.0769. The molecule has 2 aromatic carbocycles. The molecule has 94 valence electrons. The average Bonchev–Trinajstić information content (AvgIpc) is 2.34. The summed E-state index contributed by atoms with van der Waals surface area (Å²) in [7, 11) is 0. The number of benzene rings is 2. The first-order valence-corrected chi connectivity index (χ1v) is 6.04. The van der Waals surface area contributed by atoms with Gasteiger partial charge in [0, 0.05) is 21.9 Å². The Morgan fingerprint density at radius 3 is 2.39 bits per heavy atom. The van der Waals surface area contributed by atoms with E-state index in [4.69, 9.17) is 5.73 Å². The van der Waals surface area contributed by atoms with Crippen molar-refractivity contribution in [3.05, 3.63) is 59.4 Å². The van der Waals surface area contributed by atoms with Crippen LogP contribution in [0, 0.1) is 17.5 Å². The molecule has 0 amide bonds. The Morgan fingerprint density at radius 1 is 0.944 bits per heavy atom. The quantitative estimate of drug-likeness (QED) is 0.919. The molecule has 0 radical (unpaired) electrons. The molecule has 2 aromatic rings. The van der Waals surface area contributed by atoms with E-state index >= 15 is 0 Å². The summed E-state index contributed by atoms with van der Waals surface area (Å²) in [6, 6.07) is 8.12. The van der Waals surface area contributed by atoms with Gasteiger partial charge >= 0.3 is 0 Å². The van der Waals surface area contributed by atoms with Crippen molar-refractivity contribution in [2.24, 2.45) is 5.73 Å². The number of halogens is 3. The van der Waals surface area contributed by atoms with Gasteiger partial charge in [-0.3, -0.25) is 0 Å². The van der Waals surface area contributed by atoms with Crippen LogP contribution in [-0.4, -0.2) is 0 Å². The molecule has 1 nitrogen and oxygen atoms in total. The highest BCUT2D eigenvalue weighted by molar-refractivity contribution is 7.99. The van der Waals surface area contributed by atoms with Crippen molar-refractivity contribution in [3.63, 3.8) is 0 Å². The van der Waals surface area contributed by atoms with Crippen molar-refractivity contribution < 1.29 is 13.2 Å². The minimum absolute atomic E-state index is 0.0542. The zero-order valence-electron chi connectivity index (χ0n) is 9.29. The molecule has 0 aromatic heterocycles. The van der Waals surface area contributed by atoms with E-state index in [2.05, 4.69) is 0 Å². The van der Waals surface area contributed by atoms with Gasteiger partial charge in [-0.25, -0.2) is 13.2 Å². The Kier molecular flexibility index (Phi) is 3.93. The lowest BCUT2D eigenvalue weighted by molar-refractivity contribution is 0.506. The Labute approximate surface area is 107 Å². The van der Waals surface area contributed by atoms with Crippen LogP contribution in [-0.2, 0) is 6.54 Å². The summed E-state index contributed by atoms with van der Waals surface area (Å²) >= 11 is 1.15. The van der Waals surface area contributed by atoms with E-state index in [0.717, 1.165) is 23.9 Å². The normalized spacial score (nSPS) is 10.7. The Balaban J connectivity index is 2.34. The Bertz CT molecular complexity index is 572. The predicted molar refractivity (Wildman–Crippen MR) is 64.8 cm³/mol. The third-order valence-electron chi connectivity index (χ3n) is 2.40. The topological polar surface area (TPSA) is 26.0 Å². The van der Waals surface area contributed by atoms with Crippen LogP contribution in [0.25, 0.3) is 0 Å². The van der Waals surface area contributed by atoms with Crippen LogP contribution in [0.15, 0.2) is 46.2 Å². The van der Waals surface area contributed by atoms with Gasteiger partial charge in [0.15, 0.2) is 11.6 Å². The van der Waals surface area contributed by atoms with Gasteiger partial charge in [-0.2, -0.15) is 0 Å². The van der Waals surface area contributed by atoms with Crippen molar-refractivity contribution in [1.29, 1.82) is 0 Å². The molecule has 0 saturated heterocycles. The molecule has 0 fully saturated rings. The van der Waals surface area contributed by atoms with Crippen LogP contribution in [0.3, 0.4) is 0 Å². The summed E-state index contributed by atoms with van der Waals surface area (Å²) in [4.78, 5) is 1.10. The van der Waals surface area contributed by atoms with Crippen LogP contribution >= 0.6 is 11.8 Å². The van der Waals surface area contributed by atoms with Gasteiger partial charge in [0.05, 0.1) is 0 Å². The fourth-order valence-electron chi connectivity index (χ4n) is 1.50. The monoisotopic (exact) mass is 269 g/mol. The third kappa shape index (κ3) is 2.68. The highest BCUT2D eigenvalue weighted by atomic mass is 32.2.